The third kappa shape index (κ3) is 1.47. The molecule has 0 saturated heterocycles. The lowest BCUT2D eigenvalue weighted by molar-refractivity contribution is 0.859. The van der Waals surface area contributed by atoms with Gasteiger partial charge in [-0.1, -0.05) is 18.2 Å². The number of benzene rings is 1. The van der Waals surface area contributed by atoms with E-state index in [0.29, 0.717) is 12.2 Å². The predicted molar refractivity (Wildman–Crippen MR) is 55.9 cm³/mol. The minimum atomic E-state index is 0.496. The zero-order valence-electron chi connectivity index (χ0n) is 7.72. The van der Waals surface area contributed by atoms with Crippen LogP contribution in [0.5, 0.6) is 0 Å². The van der Waals surface area contributed by atoms with Crippen molar-refractivity contribution in [2.75, 3.05) is 5.73 Å². The molecule has 0 atom stereocenters. The lowest BCUT2D eigenvalue weighted by Crippen LogP contribution is -2.04. The number of rotatable bonds is 2. The van der Waals surface area contributed by atoms with Crippen molar-refractivity contribution in [2.24, 2.45) is 5.73 Å². The molecule has 0 aliphatic rings. The molecule has 2 rings (SSSR count). The standard InChI is InChI=1S/C10H12N4/c11-5-8-3-1-2-4-10(8)14-7-9(12)6-13-14/h1-4,6-7H,5,11-12H2. The number of hydrogen-bond acceptors (Lipinski definition) is 3. The first-order chi connectivity index (χ1) is 6.81. The maximum atomic E-state index is 5.62. The molecule has 1 aromatic carbocycles. The van der Waals surface area contributed by atoms with E-state index in [1.165, 1.54) is 0 Å². The molecule has 1 aromatic heterocycles. The van der Waals surface area contributed by atoms with Gasteiger partial charge in [0.1, 0.15) is 0 Å². The van der Waals surface area contributed by atoms with Crippen molar-refractivity contribution in [2.45, 2.75) is 6.54 Å². The van der Waals surface area contributed by atoms with Crippen LogP contribution in [-0.2, 0) is 6.54 Å². The highest BCUT2D eigenvalue weighted by molar-refractivity contribution is 5.43. The molecule has 4 nitrogen and oxygen atoms in total. The van der Waals surface area contributed by atoms with Gasteiger partial charge in [0, 0.05) is 6.54 Å². The van der Waals surface area contributed by atoms with Crippen LogP contribution in [0.15, 0.2) is 36.7 Å². The van der Waals surface area contributed by atoms with Crippen molar-refractivity contribution in [1.29, 1.82) is 0 Å². The molecule has 0 amide bonds. The summed E-state index contributed by atoms with van der Waals surface area (Å²) >= 11 is 0. The summed E-state index contributed by atoms with van der Waals surface area (Å²) in [6.45, 7) is 0.496. The van der Waals surface area contributed by atoms with Gasteiger partial charge in [-0.3, -0.25) is 0 Å². The molecule has 0 aliphatic carbocycles. The number of nitrogen functional groups attached to an aromatic ring is 1. The second-order valence-corrected chi connectivity index (χ2v) is 3.05. The van der Waals surface area contributed by atoms with Crippen LogP contribution in [0.3, 0.4) is 0 Å². The Balaban J connectivity index is 2.50. The smallest absolute Gasteiger partial charge is 0.0724 e. The van der Waals surface area contributed by atoms with Gasteiger partial charge in [-0.2, -0.15) is 5.10 Å². The van der Waals surface area contributed by atoms with Crippen LogP contribution in [0.4, 0.5) is 5.69 Å². The van der Waals surface area contributed by atoms with Crippen molar-refractivity contribution in [1.82, 2.24) is 9.78 Å². The summed E-state index contributed by atoms with van der Waals surface area (Å²) in [4.78, 5) is 0. The third-order valence-corrected chi connectivity index (χ3v) is 2.06. The monoisotopic (exact) mass is 188 g/mol. The molecule has 0 aliphatic heterocycles. The molecule has 0 bridgehead atoms. The van der Waals surface area contributed by atoms with Gasteiger partial charge in [0.25, 0.3) is 0 Å². The topological polar surface area (TPSA) is 69.9 Å². The average molecular weight is 188 g/mol. The van der Waals surface area contributed by atoms with E-state index in [0.717, 1.165) is 11.3 Å². The quantitative estimate of drug-likeness (QED) is 0.736. The average Bonchev–Trinajstić information content (AvgIpc) is 2.65. The van der Waals surface area contributed by atoms with Gasteiger partial charge in [-0.05, 0) is 11.6 Å². The second-order valence-electron chi connectivity index (χ2n) is 3.05. The fourth-order valence-electron chi connectivity index (χ4n) is 1.38. The summed E-state index contributed by atoms with van der Waals surface area (Å²) in [5.41, 5.74) is 13.9. The Morgan fingerprint density at radius 2 is 2.07 bits per heavy atom. The molecule has 2 aromatic rings. The SMILES string of the molecule is NCc1ccccc1-n1cc(N)cn1. The van der Waals surface area contributed by atoms with Crippen molar-refractivity contribution in [3.63, 3.8) is 0 Å². The molecule has 0 saturated carbocycles. The van der Waals surface area contributed by atoms with E-state index in [1.807, 2.05) is 24.3 Å². The van der Waals surface area contributed by atoms with E-state index in [-0.39, 0.29) is 0 Å². The third-order valence-electron chi connectivity index (χ3n) is 2.06. The van der Waals surface area contributed by atoms with E-state index < -0.39 is 0 Å². The Morgan fingerprint density at radius 3 is 2.71 bits per heavy atom. The summed E-state index contributed by atoms with van der Waals surface area (Å²) in [6, 6.07) is 7.85. The van der Waals surface area contributed by atoms with Crippen LogP contribution in [-0.4, -0.2) is 9.78 Å². The van der Waals surface area contributed by atoms with Gasteiger partial charge in [-0.25, -0.2) is 4.68 Å². The maximum Gasteiger partial charge on any atom is 0.0724 e. The van der Waals surface area contributed by atoms with E-state index in [4.69, 9.17) is 11.5 Å². The molecule has 0 spiro atoms. The lowest BCUT2D eigenvalue weighted by Gasteiger charge is -2.06. The number of anilines is 1. The molecule has 1 heterocycles. The molecule has 0 radical (unpaired) electrons. The van der Waals surface area contributed by atoms with Gasteiger partial charge in [0.2, 0.25) is 0 Å². The highest BCUT2D eigenvalue weighted by atomic mass is 15.3. The van der Waals surface area contributed by atoms with E-state index in [2.05, 4.69) is 5.10 Å². The van der Waals surface area contributed by atoms with Gasteiger partial charge < -0.3 is 11.5 Å². The van der Waals surface area contributed by atoms with Gasteiger partial charge in [0.15, 0.2) is 0 Å². The Hall–Kier alpha value is -1.81. The molecule has 4 N–H and O–H groups in total. The number of nitrogens with zero attached hydrogens (tertiary/aromatic N) is 2. The number of para-hydroxylation sites is 1. The Morgan fingerprint density at radius 1 is 1.29 bits per heavy atom. The molecule has 72 valence electrons. The van der Waals surface area contributed by atoms with Crippen LogP contribution in [0.1, 0.15) is 5.56 Å². The number of nitrogens with two attached hydrogens (primary N) is 2. The molecule has 4 heteroatoms. The van der Waals surface area contributed by atoms with Crippen molar-refractivity contribution in [3.8, 4) is 5.69 Å². The van der Waals surface area contributed by atoms with Gasteiger partial charge in [0.05, 0.1) is 23.8 Å². The normalized spacial score (nSPS) is 10.4. The molecule has 0 fully saturated rings. The first kappa shape index (κ1) is 8.77. The zero-order chi connectivity index (χ0) is 9.97. The number of aromatic nitrogens is 2. The Kier molecular flexibility index (Phi) is 2.20. The fraction of sp³-hybridized carbons (Fsp3) is 0.100. The lowest BCUT2D eigenvalue weighted by atomic mass is 10.2. The molecule has 0 unspecified atom stereocenters. The van der Waals surface area contributed by atoms with E-state index in [1.54, 1.807) is 17.1 Å². The van der Waals surface area contributed by atoms with Crippen LogP contribution in [0, 0.1) is 0 Å². The fourth-order valence-corrected chi connectivity index (χ4v) is 1.38. The highest BCUT2D eigenvalue weighted by Gasteiger charge is 2.02. The van der Waals surface area contributed by atoms with Crippen LogP contribution in [0.25, 0.3) is 5.69 Å². The van der Waals surface area contributed by atoms with Crippen molar-refractivity contribution < 1.29 is 0 Å². The van der Waals surface area contributed by atoms with Crippen molar-refractivity contribution in [3.05, 3.63) is 42.2 Å². The summed E-state index contributed by atoms with van der Waals surface area (Å²) < 4.78 is 1.73. The van der Waals surface area contributed by atoms with Crippen LogP contribution >= 0.6 is 0 Å². The first-order valence-electron chi connectivity index (χ1n) is 4.40. The molecular formula is C10H12N4. The zero-order valence-corrected chi connectivity index (χ0v) is 7.72. The van der Waals surface area contributed by atoms with Gasteiger partial charge in [-0.15, -0.1) is 0 Å². The van der Waals surface area contributed by atoms with E-state index in [9.17, 15) is 0 Å². The summed E-state index contributed by atoms with van der Waals surface area (Å²) in [5.74, 6) is 0. The number of hydrogen-bond donors (Lipinski definition) is 2. The largest absolute Gasteiger partial charge is 0.396 e. The van der Waals surface area contributed by atoms with Gasteiger partial charge >= 0.3 is 0 Å². The minimum Gasteiger partial charge on any atom is -0.396 e. The van der Waals surface area contributed by atoms with E-state index >= 15 is 0 Å². The van der Waals surface area contributed by atoms with Crippen LogP contribution in [0.2, 0.25) is 0 Å². The molecular weight excluding hydrogens is 176 g/mol. The maximum absolute atomic E-state index is 5.62. The first-order valence-corrected chi connectivity index (χ1v) is 4.40. The minimum absolute atomic E-state index is 0.496. The van der Waals surface area contributed by atoms with Crippen LogP contribution < -0.4 is 11.5 Å². The summed E-state index contributed by atoms with van der Waals surface area (Å²) in [6.07, 6.45) is 3.39. The summed E-state index contributed by atoms with van der Waals surface area (Å²) in [5, 5.41) is 4.13. The highest BCUT2D eigenvalue weighted by Crippen LogP contribution is 2.14. The predicted octanol–water partition coefficient (Wildman–Crippen LogP) is 0.913. The Labute approximate surface area is 82.1 Å². The second kappa shape index (κ2) is 3.51. The molecule has 14 heavy (non-hydrogen) atoms. The van der Waals surface area contributed by atoms with Crippen molar-refractivity contribution >= 4 is 5.69 Å². The Bertz CT molecular complexity index is 433. The summed E-state index contributed by atoms with van der Waals surface area (Å²) in [7, 11) is 0.